The van der Waals surface area contributed by atoms with Gasteiger partial charge in [0.05, 0.1) is 35.1 Å². The second kappa shape index (κ2) is 16.5. The van der Waals surface area contributed by atoms with E-state index in [2.05, 4.69) is 20.9 Å². The van der Waals surface area contributed by atoms with Crippen molar-refractivity contribution in [1.82, 2.24) is 15.1 Å². The SMILES string of the molecule is Cc1cc(OCCN2CCN(CC(=O)Nc3cccc(NC4CCC(=O)NC4=O)c3)CC2)c(F)cc1N1C(=S)N(c2ccc(C#N)c(C(F)(F)F)c2)C(=O)C1(C)C. The summed E-state index contributed by atoms with van der Waals surface area (Å²) in [5.74, 6) is -2.24. The lowest BCUT2D eigenvalue weighted by Crippen LogP contribution is -2.49. The van der Waals surface area contributed by atoms with Gasteiger partial charge in [-0.3, -0.25) is 39.2 Å². The van der Waals surface area contributed by atoms with Crippen molar-refractivity contribution in [2.24, 2.45) is 0 Å². The molecular weight excluding hydrogens is 769 g/mol. The van der Waals surface area contributed by atoms with E-state index < -0.39 is 40.6 Å². The Morgan fingerprint density at radius 1 is 1.04 bits per heavy atom. The van der Waals surface area contributed by atoms with Gasteiger partial charge in [-0.1, -0.05) is 6.07 Å². The molecule has 6 rings (SSSR count). The Hall–Kier alpha value is -5.64. The van der Waals surface area contributed by atoms with Crippen LogP contribution >= 0.6 is 12.2 Å². The molecule has 3 heterocycles. The Labute approximate surface area is 331 Å². The molecule has 18 heteroatoms. The number of alkyl halides is 3. The number of hydrogen-bond acceptors (Lipinski definition) is 10. The normalized spacial score (nSPS) is 19.0. The summed E-state index contributed by atoms with van der Waals surface area (Å²) >= 11 is 5.60. The molecule has 300 valence electrons. The third-order valence-corrected chi connectivity index (χ3v) is 10.4. The molecule has 3 aliphatic heterocycles. The summed E-state index contributed by atoms with van der Waals surface area (Å²) in [4.78, 5) is 56.5. The van der Waals surface area contributed by atoms with Crippen LogP contribution in [0.4, 0.5) is 40.3 Å². The van der Waals surface area contributed by atoms with Gasteiger partial charge in [-0.15, -0.1) is 0 Å². The lowest BCUT2D eigenvalue weighted by molar-refractivity contribution is -0.138. The van der Waals surface area contributed by atoms with Gasteiger partial charge < -0.3 is 20.3 Å². The first-order valence-electron chi connectivity index (χ1n) is 18.1. The molecule has 0 bridgehead atoms. The van der Waals surface area contributed by atoms with E-state index in [1.54, 1.807) is 31.2 Å². The van der Waals surface area contributed by atoms with Gasteiger partial charge in [0.25, 0.3) is 5.91 Å². The summed E-state index contributed by atoms with van der Waals surface area (Å²) in [6, 6.07) is 13.6. The molecule has 3 aromatic carbocycles. The summed E-state index contributed by atoms with van der Waals surface area (Å²) in [6.07, 6.45) is -4.22. The monoisotopic (exact) mass is 808 g/mol. The van der Waals surface area contributed by atoms with E-state index >= 15 is 4.39 Å². The van der Waals surface area contributed by atoms with Crippen LogP contribution < -0.4 is 30.5 Å². The van der Waals surface area contributed by atoms with Crippen LogP contribution in [0.2, 0.25) is 0 Å². The smallest absolute Gasteiger partial charge is 0.417 e. The van der Waals surface area contributed by atoms with Gasteiger partial charge in [0.15, 0.2) is 16.7 Å². The number of aryl methyl sites for hydroxylation is 1. The first-order chi connectivity index (χ1) is 27.0. The number of nitrogens with one attached hydrogen (secondary N) is 3. The Kier molecular flexibility index (Phi) is 11.8. The third kappa shape index (κ3) is 9.01. The van der Waals surface area contributed by atoms with Gasteiger partial charge >= 0.3 is 6.18 Å². The predicted octanol–water partition coefficient (Wildman–Crippen LogP) is 4.79. The van der Waals surface area contributed by atoms with Crippen LogP contribution in [0.1, 0.15) is 43.4 Å². The highest BCUT2D eigenvalue weighted by atomic mass is 32.1. The largest absolute Gasteiger partial charge is 0.489 e. The predicted molar refractivity (Wildman–Crippen MR) is 207 cm³/mol. The standard InChI is InChI=1S/C39H40F4N8O5S/c1-23-17-32(29(40)20-31(23)51-37(57)50(36(55)38(51,2)3)27-8-7-24(21-44)28(19-27)39(41,42)43)56-16-15-48-11-13-49(14-12-48)22-34(53)46-26-6-4-5-25(18-26)45-30-9-10-33(52)47-35(30)54/h4-8,17-20,30,45H,9-16,22H2,1-3H3,(H,46,53)(H,47,52,54). The van der Waals surface area contributed by atoms with E-state index in [9.17, 15) is 37.6 Å². The van der Waals surface area contributed by atoms with Crippen molar-refractivity contribution >= 4 is 63.7 Å². The van der Waals surface area contributed by atoms with Crippen LogP contribution in [-0.2, 0) is 25.4 Å². The van der Waals surface area contributed by atoms with Crippen molar-refractivity contribution in [3.63, 3.8) is 0 Å². The first-order valence-corrected chi connectivity index (χ1v) is 18.5. The van der Waals surface area contributed by atoms with E-state index in [0.29, 0.717) is 62.1 Å². The third-order valence-electron chi connectivity index (χ3n) is 10.1. The van der Waals surface area contributed by atoms with Gasteiger partial charge in [0, 0.05) is 56.6 Å². The lowest BCUT2D eigenvalue weighted by atomic mass is 10.0. The zero-order valence-electron chi connectivity index (χ0n) is 31.3. The number of amides is 4. The number of halogens is 4. The lowest BCUT2D eigenvalue weighted by Gasteiger charge is -2.34. The maximum absolute atomic E-state index is 15.6. The zero-order valence-corrected chi connectivity index (χ0v) is 32.2. The number of rotatable bonds is 11. The number of thiocarbonyl (C=S) groups is 1. The number of anilines is 4. The minimum absolute atomic E-state index is 0.0176. The van der Waals surface area contributed by atoms with Crippen molar-refractivity contribution in [1.29, 1.82) is 5.26 Å². The van der Waals surface area contributed by atoms with Gasteiger partial charge in [0.1, 0.15) is 18.2 Å². The molecule has 0 radical (unpaired) electrons. The molecule has 3 aliphatic rings. The minimum atomic E-state index is -4.85. The molecule has 3 N–H and O–H groups in total. The highest BCUT2D eigenvalue weighted by Gasteiger charge is 2.51. The van der Waals surface area contributed by atoms with Crippen LogP contribution in [0, 0.1) is 24.1 Å². The topological polar surface area (TPSA) is 150 Å². The number of benzene rings is 3. The second-order valence-corrected chi connectivity index (χ2v) is 14.8. The quantitative estimate of drug-likeness (QED) is 0.139. The molecule has 1 unspecified atom stereocenters. The molecule has 3 saturated heterocycles. The fourth-order valence-corrected chi connectivity index (χ4v) is 7.52. The number of piperazine rings is 1. The highest BCUT2D eigenvalue weighted by molar-refractivity contribution is 7.81. The van der Waals surface area contributed by atoms with Crippen molar-refractivity contribution in [3.8, 4) is 11.8 Å². The maximum atomic E-state index is 15.6. The number of carbonyl (C=O) groups is 4. The number of piperidine rings is 1. The van der Waals surface area contributed by atoms with Crippen LogP contribution in [-0.4, -0.2) is 96.0 Å². The fraction of sp³-hybridized carbons (Fsp3) is 0.385. The Morgan fingerprint density at radius 2 is 1.74 bits per heavy atom. The summed E-state index contributed by atoms with van der Waals surface area (Å²) < 4.78 is 62.6. The van der Waals surface area contributed by atoms with Crippen molar-refractivity contribution in [2.45, 2.75) is 51.4 Å². The number of carbonyl (C=O) groups excluding carboxylic acids is 4. The zero-order chi connectivity index (χ0) is 41.2. The average molecular weight is 809 g/mol. The van der Waals surface area contributed by atoms with E-state index in [0.717, 1.165) is 11.0 Å². The Balaban J connectivity index is 0.997. The van der Waals surface area contributed by atoms with Gasteiger partial charge in [-0.2, -0.15) is 18.4 Å². The molecular formula is C39H40F4N8O5S. The van der Waals surface area contributed by atoms with E-state index in [-0.39, 0.29) is 59.5 Å². The van der Waals surface area contributed by atoms with Crippen LogP contribution in [0.3, 0.4) is 0 Å². The van der Waals surface area contributed by atoms with E-state index in [1.807, 2.05) is 4.90 Å². The summed E-state index contributed by atoms with van der Waals surface area (Å²) in [5, 5.41) is 17.3. The number of imide groups is 1. The molecule has 0 aromatic heterocycles. The molecule has 0 aliphatic carbocycles. The molecule has 0 saturated carbocycles. The number of ether oxygens (including phenoxy) is 1. The number of nitrogens with zero attached hydrogens (tertiary/aromatic N) is 5. The van der Waals surface area contributed by atoms with Crippen LogP contribution in [0.25, 0.3) is 0 Å². The molecule has 13 nitrogen and oxygen atoms in total. The minimum Gasteiger partial charge on any atom is -0.489 e. The second-order valence-electron chi connectivity index (χ2n) is 14.5. The summed E-state index contributed by atoms with van der Waals surface area (Å²) in [7, 11) is 0. The molecule has 4 amide bonds. The first kappa shape index (κ1) is 41.0. The van der Waals surface area contributed by atoms with Crippen LogP contribution in [0.5, 0.6) is 5.75 Å². The van der Waals surface area contributed by atoms with Crippen LogP contribution in [0.15, 0.2) is 54.6 Å². The molecule has 57 heavy (non-hydrogen) atoms. The Morgan fingerprint density at radius 3 is 2.42 bits per heavy atom. The number of nitriles is 1. The van der Waals surface area contributed by atoms with E-state index in [4.69, 9.17) is 17.0 Å². The van der Waals surface area contributed by atoms with Crippen molar-refractivity contribution in [2.75, 3.05) is 66.3 Å². The average Bonchev–Trinajstić information content (AvgIpc) is 3.32. The summed E-state index contributed by atoms with van der Waals surface area (Å²) in [5.41, 5.74) is -1.40. The molecule has 3 fully saturated rings. The van der Waals surface area contributed by atoms with E-state index in [1.165, 1.54) is 43.0 Å². The van der Waals surface area contributed by atoms with Gasteiger partial charge in [-0.05, 0) is 87.4 Å². The maximum Gasteiger partial charge on any atom is 0.417 e. The van der Waals surface area contributed by atoms with Gasteiger partial charge in [-0.25, -0.2) is 4.39 Å². The fourth-order valence-electron chi connectivity index (χ4n) is 7.00. The van der Waals surface area contributed by atoms with Crippen molar-refractivity contribution in [3.05, 3.63) is 77.1 Å². The Bertz CT molecular complexity index is 2150. The van der Waals surface area contributed by atoms with Gasteiger partial charge in [0.2, 0.25) is 17.7 Å². The number of hydrogen-bond donors (Lipinski definition) is 3. The molecule has 0 spiro atoms. The molecule has 1 atom stereocenters. The molecule has 3 aromatic rings. The highest BCUT2D eigenvalue weighted by Crippen LogP contribution is 2.41. The van der Waals surface area contributed by atoms with Crippen molar-refractivity contribution < 1.29 is 41.5 Å². The summed E-state index contributed by atoms with van der Waals surface area (Å²) in [6.45, 7) is 8.13.